The average molecular weight is 247 g/mol. The van der Waals surface area contributed by atoms with Crippen molar-refractivity contribution in [2.75, 3.05) is 19.8 Å². The smallest absolute Gasteiger partial charge is 0.495 e. The van der Waals surface area contributed by atoms with Crippen LogP contribution in [0.3, 0.4) is 0 Å². The van der Waals surface area contributed by atoms with Crippen LogP contribution in [0.4, 0.5) is 0 Å². The van der Waals surface area contributed by atoms with Gasteiger partial charge in [0, 0.05) is 6.54 Å². The van der Waals surface area contributed by atoms with E-state index in [0.717, 1.165) is 12.8 Å². The predicted molar refractivity (Wildman–Crippen MR) is 69.7 cm³/mol. The standard InChI is InChI=1S/C13H18BNO3/c1-2-3-10-11-4-5-16-7-9-8-17-14(13(9)11)18-12(10)6-15/h4-5,12H,2-3,6-8,15H2,1H3/t12-/m1/s1. The Morgan fingerprint density at radius 1 is 1.44 bits per heavy atom. The molecule has 0 aliphatic carbocycles. The third-order valence-corrected chi connectivity index (χ3v) is 3.66. The van der Waals surface area contributed by atoms with Gasteiger partial charge in [0.2, 0.25) is 0 Å². The molecule has 2 N–H and O–H groups in total. The molecule has 0 saturated heterocycles. The summed E-state index contributed by atoms with van der Waals surface area (Å²) in [5.74, 6) is 0. The van der Waals surface area contributed by atoms with Gasteiger partial charge in [-0.25, -0.2) is 0 Å². The lowest BCUT2D eigenvalue weighted by Gasteiger charge is -2.30. The highest BCUT2D eigenvalue weighted by atomic mass is 16.6. The Morgan fingerprint density at radius 3 is 3.11 bits per heavy atom. The van der Waals surface area contributed by atoms with Crippen LogP contribution in [0.2, 0.25) is 0 Å². The van der Waals surface area contributed by atoms with E-state index in [0.29, 0.717) is 19.8 Å². The minimum absolute atomic E-state index is 0.0317. The SMILES string of the molecule is CCCC1=C2C=COCC3=C2B(OC3)O[C@@H]1CN. The molecule has 3 aliphatic rings. The number of hydrogen-bond acceptors (Lipinski definition) is 4. The van der Waals surface area contributed by atoms with Crippen LogP contribution in [-0.4, -0.2) is 33.0 Å². The molecule has 18 heavy (non-hydrogen) atoms. The van der Waals surface area contributed by atoms with Crippen LogP contribution in [0.5, 0.6) is 0 Å². The van der Waals surface area contributed by atoms with Crippen molar-refractivity contribution in [1.29, 1.82) is 0 Å². The van der Waals surface area contributed by atoms with Crippen LogP contribution < -0.4 is 5.73 Å². The molecule has 0 radical (unpaired) electrons. The number of hydrogen-bond donors (Lipinski definition) is 1. The maximum Gasteiger partial charge on any atom is 0.495 e. The molecule has 96 valence electrons. The van der Waals surface area contributed by atoms with Gasteiger partial charge in [0.05, 0.1) is 19.0 Å². The quantitative estimate of drug-likeness (QED) is 0.764. The first-order valence-electron chi connectivity index (χ1n) is 6.55. The third-order valence-electron chi connectivity index (χ3n) is 3.66. The zero-order chi connectivity index (χ0) is 12.5. The monoisotopic (exact) mass is 247 g/mol. The topological polar surface area (TPSA) is 53.7 Å². The van der Waals surface area contributed by atoms with Crippen molar-refractivity contribution in [1.82, 2.24) is 0 Å². The van der Waals surface area contributed by atoms with Crippen LogP contribution in [-0.2, 0) is 14.0 Å². The van der Waals surface area contributed by atoms with Gasteiger partial charge in [-0.2, -0.15) is 0 Å². The van der Waals surface area contributed by atoms with Crippen molar-refractivity contribution in [3.05, 3.63) is 34.5 Å². The molecule has 0 bridgehead atoms. The fourth-order valence-electron chi connectivity index (χ4n) is 2.85. The van der Waals surface area contributed by atoms with E-state index >= 15 is 0 Å². The summed E-state index contributed by atoms with van der Waals surface area (Å²) in [7, 11) is -0.254. The number of nitrogens with two attached hydrogens (primary N) is 1. The molecule has 0 amide bonds. The first-order valence-corrected chi connectivity index (χ1v) is 6.55. The van der Waals surface area contributed by atoms with Gasteiger partial charge in [-0.05, 0) is 34.7 Å². The summed E-state index contributed by atoms with van der Waals surface area (Å²) in [4.78, 5) is 0. The molecule has 0 aromatic heterocycles. The van der Waals surface area contributed by atoms with Gasteiger partial charge in [0.1, 0.15) is 6.61 Å². The van der Waals surface area contributed by atoms with Gasteiger partial charge in [-0.1, -0.05) is 13.3 Å². The van der Waals surface area contributed by atoms with Crippen molar-refractivity contribution >= 4 is 7.12 Å². The summed E-state index contributed by atoms with van der Waals surface area (Å²) in [5.41, 5.74) is 10.7. The van der Waals surface area contributed by atoms with Crippen LogP contribution in [0.25, 0.3) is 0 Å². The van der Waals surface area contributed by atoms with E-state index in [1.807, 2.05) is 6.08 Å². The average Bonchev–Trinajstić information content (AvgIpc) is 2.66. The highest BCUT2D eigenvalue weighted by Crippen LogP contribution is 2.38. The molecule has 4 nitrogen and oxygen atoms in total. The molecule has 0 fully saturated rings. The van der Waals surface area contributed by atoms with Crippen LogP contribution in [0, 0.1) is 0 Å². The Labute approximate surface area is 108 Å². The molecule has 1 atom stereocenters. The molecule has 3 aliphatic heterocycles. The summed E-state index contributed by atoms with van der Waals surface area (Å²) in [6.45, 7) is 3.87. The summed E-state index contributed by atoms with van der Waals surface area (Å²) < 4.78 is 17.1. The Hall–Kier alpha value is -1.04. The Morgan fingerprint density at radius 2 is 2.33 bits per heavy atom. The molecule has 0 aromatic rings. The minimum Gasteiger partial charge on any atom is -0.497 e. The van der Waals surface area contributed by atoms with E-state index in [9.17, 15) is 0 Å². The minimum atomic E-state index is -0.254. The van der Waals surface area contributed by atoms with Crippen LogP contribution in [0.1, 0.15) is 19.8 Å². The second-order valence-corrected chi connectivity index (χ2v) is 4.82. The first kappa shape index (κ1) is 12.0. The summed E-state index contributed by atoms with van der Waals surface area (Å²) >= 11 is 0. The van der Waals surface area contributed by atoms with Crippen molar-refractivity contribution in [3.63, 3.8) is 0 Å². The van der Waals surface area contributed by atoms with Crippen LogP contribution in [0.15, 0.2) is 34.5 Å². The highest BCUT2D eigenvalue weighted by Gasteiger charge is 2.42. The molecular weight excluding hydrogens is 229 g/mol. The fourth-order valence-corrected chi connectivity index (χ4v) is 2.85. The second-order valence-electron chi connectivity index (χ2n) is 4.82. The van der Waals surface area contributed by atoms with E-state index in [2.05, 4.69) is 6.92 Å². The van der Waals surface area contributed by atoms with Gasteiger partial charge in [0.15, 0.2) is 0 Å². The molecule has 0 saturated carbocycles. The van der Waals surface area contributed by atoms with Crippen molar-refractivity contribution in [3.8, 4) is 0 Å². The predicted octanol–water partition coefficient (Wildman–Crippen LogP) is 1.34. The number of ether oxygens (including phenoxy) is 1. The first-order chi connectivity index (χ1) is 8.85. The summed E-state index contributed by atoms with van der Waals surface area (Å²) in [6.07, 6.45) is 5.88. The van der Waals surface area contributed by atoms with E-state index < -0.39 is 0 Å². The molecule has 3 rings (SSSR count). The van der Waals surface area contributed by atoms with E-state index in [4.69, 9.17) is 19.8 Å². The molecule has 0 unspecified atom stereocenters. The molecule has 3 heterocycles. The second kappa shape index (κ2) is 4.92. The fraction of sp³-hybridized carbons (Fsp3) is 0.538. The van der Waals surface area contributed by atoms with E-state index in [-0.39, 0.29) is 13.2 Å². The van der Waals surface area contributed by atoms with Gasteiger partial charge in [-0.3, -0.25) is 0 Å². The number of rotatable bonds is 3. The molecule has 5 heteroatoms. The van der Waals surface area contributed by atoms with Gasteiger partial charge >= 0.3 is 7.12 Å². The highest BCUT2D eigenvalue weighted by molar-refractivity contribution is 6.57. The largest absolute Gasteiger partial charge is 0.497 e. The number of allylic oxidation sites excluding steroid dienone is 3. The third kappa shape index (κ3) is 1.83. The lowest BCUT2D eigenvalue weighted by molar-refractivity contribution is 0.172. The van der Waals surface area contributed by atoms with Gasteiger partial charge in [0.25, 0.3) is 0 Å². The molecule has 0 spiro atoms. The molecule has 0 aromatic carbocycles. The zero-order valence-electron chi connectivity index (χ0n) is 10.6. The van der Waals surface area contributed by atoms with E-state index in [1.54, 1.807) is 6.26 Å². The van der Waals surface area contributed by atoms with Crippen LogP contribution >= 0.6 is 0 Å². The Kier molecular flexibility index (Phi) is 3.28. The van der Waals surface area contributed by atoms with Crippen molar-refractivity contribution in [2.24, 2.45) is 5.73 Å². The van der Waals surface area contributed by atoms with Gasteiger partial charge < -0.3 is 19.8 Å². The van der Waals surface area contributed by atoms with E-state index in [1.165, 1.54) is 22.2 Å². The zero-order valence-corrected chi connectivity index (χ0v) is 10.6. The maximum absolute atomic E-state index is 5.96. The maximum atomic E-state index is 5.96. The summed E-state index contributed by atoms with van der Waals surface area (Å²) in [6, 6.07) is 0. The van der Waals surface area contributed by atoms with Crippen molar-refractivity contribution < 1.29 is 14.0 Å². The summed E-state index contributed by atoms with van der Waals surface area (Å²) in [5, 5.41) is 0. The normalized spacial score (nSPS) is 26.3. The van der Waals surface area contributed by atoms with Gasteiger partial charge in [-0.15, -0.1) is 0 Å². The van der Waals surface area contributed by atoms with Crippen molar-refractivity contribution in [2.45, 2.75) is 25.9 Å². The lowest BCUT2D eigenvalue weighted by atomic mass is 9.68. The molecular formula is C13H18BNO3. The Balaban J connectivity index is 2.10. The Bertz CT molecular complexity index is 442. The lowest BCUT2D eigenvalue weighted by Crippen LogP contribution is -2.39.